The number of anilines is 1. The lowest BCUT2D eigenvalue weighted by Crippen LogP contribution is -2.35. The van der Waals surface area contributed by atoms with Crippen molar-refractivity contribution in [2.24, 2.45) is 0 Å². The third kappa shape index (κ3) is 5.46. The van der Waals surface area contributed by atoms with Crippen LogP contribution in [-0.2, 0) is 48.6 Å². The molecule has 40 heavy (non-hydrogen) atoms. The zero-order valence-electron chi connectivity index (χ0n) is 21.6. The van der Waals surface area contributed by atoms with Gasteiger partial charge < -0.3 is 9.42 Å². The van der Waals surface area contributed by atoms with Gasteiger partial charge in [-0.3, -0.25) is 0 Å². The summed E-state index contributed by atoms with van der Waals surface area (Å²) in [5.41, 5.74) is 5.42. The number of alkyl halides is 3. The van der Waals surface area contributed by atoms with Crippen molar-refractivity contribution in [1.82, 2.24) is 19.4 Å². The third-order valence-corrected chi connectivity index (χ3v) is 8.66. The zero-order valence-corrected chi connectivity index (χ0v) is 22.5. The summed E-state index contributed by atoms with van der Waals surface area (Å²) in [5, 5.41) is 4.16. The van der Waals surface area contributed by atoms with Gasteiger partial charge in [0.05, 0.1) is 11.8 Å². The zero-order chi connectivity index (χ0) is 28.1. The second-order valence-electron chi connectivity index (χ2n) is 10.2. The van der Waals surface area contributed by atoms with E-state index in [1.807, 2.05) is 35.2 Å². The van der Waals surface area contributed by atoms with Crippen molar-refractivity contribution in [3.05, 3.63) is 93.9 Å². The predicted molar refractivity (Wildman–Crippen MR) is 142 cm³/mol. The molecule has 2 aromatic carbocycles. The Balaban J connectivity index is 1.12. The molecule has 2 aliphatic rings. The van der Waals surface area contributed by atoms with Gasteiger partial charge in [-0.2, -0.15) is 22.5 Å². The molecule has 0 atom stereocenters. The Hall–Kier alpha value is -3.77. The topological polar surface area (TPSA) is 92.4 Å². The monoisotopic (exact) mass is 569 g/mol. The summed E-state index contributed by atoms with van der Waals surface area (Å²) in [4.78, 5) is 10.6. The van der Waals surface area contributed by atoms with E-state index in [9.17, 15) is 21.6 Å². The molecule has 0 amide bonds. The minimum atomic E-state index is -4.40. The lowest BCUT2D eigenvalue weighted by Gasteiger charge is -2.30. The van der Waals surface area contributed by atoms with Crippen LogP contribution >= 0.6 is 0 Å². The van der Waals surface area contributed by atoms with E-state index in [4.69, 9.17) is 4.52 Å². The lowest BCUT2D eigenvalue weighted by molar-refractivity contribution is -0.137. The maximum atomic E-state index is 12.9. The molecule has 2 aliphatic heterocycles. The molecule has 0 fully saturated rings. The van der Waals surface area contributed by atoms with Crippen LogP contribution in [0.5, 0.6) is 0 Å². The number of hydrogen-bond donors (Lipinski definition) is 0. The largest absolute Gasteiger partial charge is 0.417 e. The fraction of sp³-hybridized carbons (Fsp3) is 0.321. The van der Waals surface area contributed by atoms with Gasteiger partial charge in [-0.25, -0.2) is 13.4 Å². The minimum Gasteiger partial charge on any atom is -0.352 e. The SMILES string of the molecule is CS(=O)(=O)N1CCc2cc(-c3nc(Cc4ccc5c(c4)CCN(c4ccc(C(F)(F)F)cn4)C5)no3)ccc2C1. The van der Waals surface area contributed by atoms with Crippen molar-refractivity contribution in [2.45, 2.75) is 38.5 Å². The quantitative estimate of drug-likeness (QED) is 0.346. The van der Waals surface area contributed by atoms with E-state index in [-0.39, 0.29) is 0 Å². The van der Waals surface area contributed by atoms with Gasteiger partial charge in [-0.15, -0.1) is 0 Å². The van der Waals surface area contributed by atoms with Gasteiger partial charge >= 0.3 is 6.18 Å². The van der Waals surface area contributed by atoms with Crippen LogP contribution in [0, 0.1) is 0 Å². The summed E-state index contributed by atoms with van der Waals surface area (Å²) in [7, 11) is -3.23. The smallest absolute Gasteiger partial charge is 0.352 e. The second-order valence-corrected chi connectivity index (χ2v) is 12.2. The summed E-state index contributed by atoms with van der Waals surface area (Å²) in [6, 6.07) is 14.4. The van der Waals surface area contributed by atoms with Gasteiger partial charge in [0.1, 0.15) is 5.82 Å². The van der Waals surface area contributed by atoms with E-state index < -0.39 is 21.8 Å². The maximum absolute atomic E-state index is 12.9. The maximum Gasteiger partial charge on any atom is 0.417 e. The molecule has 12 heteroatoms. The molecule has 4 aromatic rings. The van der Waals surface area contributed by atoms with Gasteiger partial charge in [0.25, 0.3) is 5.89 Å². The van der Waals surface area contributed by atoms with Crippen molar-refractivity contribution in [3.8, 4) is 11.5 Å². The number of pyridine rings is 1. The first-order valence-corrected chi connectivity index (χ1v) is 14.7. The molecule has 0 saturated heterocycles. The standard InChI is InChI=1S/C28H26F3N5O3S/c1-40(37,38)36-11-9-20-14-21(4-5-23(20)17-36)27-33-25(34-39-27)13-18-2-3-22-16-35(10-8-19(22)12-18)26-7-6-24(15-32-26)28(29,30)31/h2-7,12,14-15H,8-11,13,16-17H2,1H3. The molecule has 0 aliphatic carbocycles. The van der Waals surface area contributed by atoms with Gasteiger partial charge in [-0.1, -0.05) is 29.4 Å². The van der Waals surface area contributed by atoms with Crippen LogP contribution in [0.15, 0.2) is 59.3 Å². The minimum absolute atomic E-state index is 0.362. The van der Waals surface area contributed by atoms with Crippen LogP contribution in [0.4, 0.5) is 19.0 Å². The molecule has 0 bridgehead atoms. The van der Waals surface area contributed by atoms with Gasteiger partial charge in [-0.05, 0) is 64.9 Å². The highest BCUT2D eigenvalue weighted by Crippen LogP contribution is 2.31. The first-order valence-electron chi connectivity index (χ1n) is 12.8. The Labute approximate surface area is 229 Å². The molecule has 0 radical (unpaired) electrons. The Morgan fingerprint density at radius 2 is 1.68 bits per heavy atom. The number of aromatic nitrogens is 3. The summed E-state index contributed by atoms with van der Waals surface area (Å²) < 4.78 is 69.4. The Morgan fingerprint density at radius 1 is 0.925 bits per heavy atom. The third-order valence-electron chi connectivity index (χ3n) is 7.41. The van der Waals surface area contributed by atoms with E-state index in [2.05, 4.69) is 21.2 Å². The summed E-state index contributed by atoms with van der Waals surface area (Å²) in [5.74, 6) is 1.50. The molecule has 208 valence electrons. The van der Waals surface area contributed by atoms with Crippen molar-refractivity contribution in [1.29, 1.82) is 0 Å². The molecule has 4 heterocycles. The van der Waals surface area contributed by atoms with E-state index in [1.54, 1.807) is 0 Å². The molecule has 2 aromatic heterocycles. The summed E-state index contributed by atoms with van der Waals surface area (Å²) in [6.45, 7) is 2.03. The van der Waals surface area contributed by atoms with Crippen molar-refractivity contribution in [3.63, 3.8) is 0 Å². The van der Waals surface area contributed by atoms with Crippen LogP contribution in [0.3, 0.4) is 0 Å². The molecule has 8 nitrogen and oxygen atoms in total. The molecule has 0 saturated carbocycles. The number of halogens is 3. The number of hydrogen-bond acceptors (Lipinski definition) is 7. The predicted octanol–water partition coefficient (Wildman–Crippen LogP) is 4.62. The first kappa shape index (κ1) is 26.5. The Morgan fingerprint density at radius 3 is 2.42 bits per heavy atom. The van der Waals surface area contributed by atoms with Crippen molar-refractivity contribution in [2.75, 3.05) is 24.2 Å². The highest BCUT2D eigenvalue weighted by atomic mass is 32.2. The van der Waals surface area contributed by atoms with E-state index in [0.717, 1.165) is 46.5 Å². The Bertz CT molecular complexity index is 1670. The van der Waals surface area contributed by atoms with Crippen LogP contribution in [0.1, 0.15) is 39.2 Å². The number of rotatable bonds is 5. The highest BCUT2D eigenvalue weighted by Gasteiger charge is 2.31. The van der Waals surface area contributed by atoms with Crippen molar-refractivity contribution < 1.29 is 26.1 Å². The average molecular weight is 570 g/mol. The molecular formula is C28H26F3N5O3S. The van der Waals surface area contributed by atoms with Gasteiger partial charge in [0.2, 0.25) is 10.0 Å². The number of fused-ring (bicyclic) bond motifs is 2. The van der Waals surface area contributed by atoms with Gasteiger partial charge in [0.15, 0.2) is 5.82 Å². The van der Waals surface area contributed by atoms with Gasteiger partial charge in [0, 0.05) is 44.4 Å². The van der Waals surface area contributed by atoms with E-state index >= 15 is 0 Å². The van der Waals surface area contributed by atoms with Crippen LogP contribution in [-0.4, -0.2) is 47.2 Å². The molecule has 0 unspecified atom stereocenters. The lowest BCUT2D eigenvalue weighted by atomic mass is 9.96. The number of nitrogens with zero attached hydrogens (tertiary/aromatic N) is 5. The van der Waals surface area contributed by atoms with Crippen molar-refractivity contribution >= 4 is 15.8 Å². The highest BCUT2D eigenvalue weighted by molar-refractivity contribution is 7.88. The fourth-order valence-electron chi connectivity index (χ4n) is 5.22. The van der Waals surface area contributed by atoms with Crippen LogP contribution < -0.4 is 4.90 Å². The molecular weight excluding hydrogens is 543 g/mol. The fourth-order valence-corrected chi connectivity index (χ4v) is 6.02. The average Bonchev–Trinajstić information content (AvgIpc) is 3.39. The molecule has 0 spiro atoms. The Kier molecular flexibility index (Phi) is 6.62. The van der Waals surface area contributed by atoms with Crippen LogP contribution in [0.2, 0.25) is 0 Å². The van der Waals surface area contributed by atoms with E-state index in [0.29, 0.717) is 56.6 Å². The molecule has 6 rings (SSSR count). The van der Waals surface area contributed by atoms with Crippen LogP contribution in [0.25, 0.3) is 11.5 Å². The first-order chi connectivity index (χ1) is 19.0. The van der Waals surface area contributed by atoms with E-state index in [1.165, 1.54) is 22.2 Å². The summed E-state index contributed by atoms with van der Waals surface area (Å²) >= 11 is 0. The number of benzene rings is 2. The molecule has 0 N–H and O–H groups in total. The summed E-state index contributed by atoms with van der Waals surface area (Å²) in [6.07, 6.45) is -0.433. The normalized spacial score (nSPS) is 16.1. The second kappa shape index (κ2) is 10.0. The number of sulfonamides is 1.